The van der Waals surface area contributed by atoms with Crippen molar-refractivity contribution in [3.8, 4) is 11.3 Å². The normalized spacial score (nSPS) is 11.1. The van der Waals surface area contributed by atoms with E-state index in [1.165, 1.54) is 10.7 Å². The van der Waals surface area contributed by atoms with E-state index in [-0.39, 0.29) is 29.9 Å². The Morgan fingerprint density at radius 2 is 1.97 bits per heavy atom. The summed E-state index contributed by atoms with van der Waals surface area (Å²) in [7, 11) is 0. The second-order valence-corrected chi connectivity index (χ2v) is 7.13. The molecule has 9 nitrogen and oxygen atoms in total. The van der Waals surface area contributed by atoms with Gasteiger partial charge in [-0.15, -0.1) is 0 Å². The third kappa shape index (κ3) is 5.84. The van der Waals surface area contributed by atoms with Crippen LogP contribution in [0.15, 0.2) is 45.7 Å². The van der Waals surface area contributed by atoms with Gasteiger partial charge in [0.1, 0.15) is 6.54 Å². The summed E-state index contributed by atoms with van der Waals surface area (Å²) < 4.78 is 11.7. The average Bonchev–Trinajstić information content (AvgIpc) is 3.18. The van der Waals surface area contributed by atoms with Crippen molar-refractivity contribution in [3.05, 3.63) is 64.0 Å². The van der Waals surface area contributed by atoms with Crippen LogP contribution in [0.4, 0.5) is 0 Å². The Labute approximate surface area is 174 Å². The van der Waals surface area contributed by atoms with Crippen molar-refractivity contribution in [2.24, 2.45) is 0 Å². The molecule has 1 N–H and O–H groups in total. The van der Waals surface area contributed by atoms with Crippen molar-refractivity contribution in [1.82, 2.24) is 25.2 Å². The van der Waals surface area contributed by atoms with Gasteiger partial charge in [-0.05, 0) is 33.3 Å². The quantitative estimate of drug-likeness (QED) is 0.537. The van der Waals surface area contributed by atoms with Gasteiger partial charge in [0.2, 0.25) is 0 Å². The van der Waals surface area contributed by atoms with Crippen molar-refractivity contribution in [2.75, 3.05) is 13.2 Å². The monoisotopic (exact) mass is 411 g/mol. The van der Waals surface area contributed by atoms with Crippen molar-refractivity contribution in [3.63, 3.8) is 0 Å². The predicted octanol–water partition coefficient (Wildman–Crippen LogP) is 2.19. The Hall–Kier alpha value is -3.33. The zero-order valence-electron chi connectivity index (χ0n) is 17.3. The first-order valence-electron chi connectivity index (χ1n) is 9.80. The number of benzene rings is 1. The van der Waals surface area contributed by atoms with Crippen LogP contribution in [0, 0.1) is 6.92 Å². The van der Waals surface area contributed by atoms with Crippen molar-refractivity contribution in [1.29, 1.82) is 0 Å². The van der Waals surface area contributed by atoms with E-state index in [4.69, 9.17) is 9.26 Å². The number of nitrogens with one attached hydrogen (secondary N) is 1. The van der Waals surface area contributed by atoms with Gasteiger partial charge in [0.05, 0.1) is 11.8 Å². The highest BCUT2D eigenvalue weighted by Gasteiger charge is 2.16. The molecule has 2 heterocycles. The molecule has 1 amide bonds. The molecule has 2 aromatic heterocycles. The Balaban J connectivity index is 1.62. The summed E-state index contributed by atoms with van der Waals surface area (Å²) in [5.74, 6) is -0.427. The lowest BCUT2D eigenvalue weighted by Crippen LogP contribution is -2.26. The molecule has 158 valence electrons. The molecular weight excluding hydrogens is 386 g/mol. The number of hydrogen-bond donors (Lipinski definition) is 1. The van der Waals surface area contributed by atoms with Crippen LogP contribution in [0.1, 0.15) is 42.3 Å². The largest absolute Gasteiger partial charge is 0.379 e. The van der Waals surface area contributed by atoms with Crippen LogP contribution >= 0.6 is 0 Å². The minimum absolute atomic E-state index is 0.00244. The molecule has 0 aliphatic carbocycles. The van der Waals surface area contributed by atoms with Gasteiger partial charge in [-0.2, -0.15) is 10.1 Å². The van der Waals surface area contributed by atoms with E-state index in [1.807, 2.05) is 45.0 Å². The summed E-state index contributed by atoms with van der Waals surface area (Å²) >= 11 is 0. The average molecular weight is 411 g/mol. The number of carbonyl (C=O) groups is 1. The van der Waals surface area contributed by atoms with Gasteiger partial charge < -0.3 is 14.6 Å². The Bertz CT molecular complexity index is 1040. The highest BCUT2D eigenvalue weighted by Crippen LogP contribution is 2.16. The van der Waals surface area contributed by atoms with Gasteiger partial charge in [0.15, 0.2) is 5.82 Å². The first kappa shape index (κ1) is 21.4. The van der Waals surface area contributed by atoms with E-state index in [9.17, 15) is 9.59 Å². The predicted molar refractivity (Wildman–Crippen MR) is 110 cm³/mol. The third-order valence-corrected chi connectivity index (χ3v) is 4.23. The smallest absolute Gasteiger partial charge is 0.316 e. The molecule has 0 saturated heterocycles. The fraction of sp³-hybridized carbons (Fsp3) is 0.381. The lowest BCUT2D eigenvalue weighted by Gasteiger charge is -2.07. The number of hydrogen-bond acceptors (Lipinski definition) is 7. The Kier molecular flexibility index (Phi) is 7.08. The molecule has 3 rings (SSSR count). The molecule has 9 heteroatoms. The van der Waals surface area contributed by atoms with Gasteiger partial charge in [-0.3, -0.25) is 9.59 Å². The maximum atomic E-state index is 12.2. The van der Waals surface area contributed by atoms with Crippen LogP contribution in [0.5, 0.6) is 0 Å². The second-order valence-electron chi connectivity index (χ2n) is 7.13. The van der Waals surface area contributed by atoms with Gasteiger partial charge in [0.25, 0.3) is 5.56 Å². The first-order valence-corrected chi connectivity index (χ1v) is 9.80. The van der Waals surface area contributed by atoms with Crippen molar-refractivity contribution < 1.29 is 14.1 Å². The molecule has 0 atom stereocenters. The summed E-state index contributed by atoms with van der Waals surface area (Å²) in [5.41, 5.74) is 2.38. The van der Waals surface area contributed by atoms with E-state index in [2.05, 4.69) is 20.6 Å². The number of aryl methyl sites for hydroxylation is 1. The highest BCUT2D eigenvalue weighted by molar-refractivity contribution is 5.89. The topological polar surface area (TPSA) is 112 Å². The maximum Gasteiger partial charge on any atom is 0.316 e. The molecule has 1 aromatic carbocycles. The molecule has 0 aliphatic rings. The highest BCUT2D eigenvalue weighted by atomic mass is 16.5. The second kappa shape index (κ2) is 9.93. The molecule has 0 radical (unpaired) electrons. The van der Waals surface area contributed by atoms with Crippen molar-refractivity contribution in [2.45, 2.75) is 39.8 Å². The van der Waals surface area contributed by atoms with E-state index in [1.54, 1.807) is 6.07 Å². The molecular formula is C21H25N5O4. The van der Waals surface area contributed by atoms with Gasteiger partial charge in [0, 0.05) is 24.8 Å². The molecule has 0 fully saturated rings. The summed E-state index contributed by atoms with van der Waals surface area (Å²) in [5, 5.41) is 10.9. The number of ether oxygens (including phenoxy) is 1. The standard InChI is InChI=1S/C21H25N5O4/c1-14(2)29-12-4-11-22-20(28)21-23-18(25-30-21)13-26-19(27)10-9-17(24-26)16-7-5-15(3)6-8-16/h5-10,14H,4,11-13H2,1-3H3,(H,22,28). The summed E-state index contributed by atoms with van der Waals surface area (Å²) in [4.78, 5) is 28.4. The van der Waals surface area contributed by atoms with Crippen LogP contribution in [0.25, 0.3) is 11.3 Å². The minimum atomic E-state index is -0.466. The maximum absolute atomic E-state index is 12.2. The molecule has 0 unspecified atom stereocenters. The van der Waals surface area contributed by atoms with Crippen LogP contribution in [0.3, 0.4) is 0 Å². The van der Waals surface area contributed by atoms with Crippen LogP contribution in [-0.2, 0) is 11.3 Å². The third-order valence-electron chi connectivity index (χ3n) is 4.23. The first-order chi connectivity index (χ1) is 14.4. The summed E-state index contributed by atoms with van der Waals surface area (Å²) in [6.45, 7) is 6.89. The molecule has 0 saturated carbocycles. The molecule has 0 spiro atoms. The van der Waals surface area contributed by atoms with E-state index < -0.39 is 5.91 Å². The fourth-order valence-corrected chi connectivity index (χ4v) is 2.65. The van der Waals surface area contributed by atoms with Crippen LogP contribution < -0.4 is 10.9 Å². The Morgan fingerprint density at radius 1 is 1.20 bits per heavy atom. The number of nitrogens with zero attached hydrogens (tertiary/aromatic N) is 4. The SMILES string of the molecule is Cc1ccc(-c2ccc(=O)n(Cc3noc(C(=O)NCCCOC(C)C)n3)n2)cc1. The number of rotatable bonds is 9. The van der Waals surface area contributed by atoms with Gasteiger partial charge in [-0.1, -0.05) is 35.0 Å². The van der Waals surface area contributed by atoms with E-state index in [0.29, 0.717) is 25.3 Å². The molecule has 3 aromatic rings. The van der Waals surface area contributed by atoms with Crippen molar-refractivity contribution >= 4 is 5.91 Å². The van der Waals surface area contributed by atoms with Crippen LogP contribution in [-0.4, -0.2) is 45.1 Å². The Morgan fingerprint density at radius 3 is 2.70 bits per heavy atom. The van der Waals surface area contributed by atoms with E-state index >= 15 is 0 Å². The molecule has 0 aliphatic heterocycles. The lowest BCUT2D eigenvalue weighted by atomic mass is 10.1. The number of aromatic nitrogens is 4. The summed E-state index contributed by atoms with van der Waals surface area (Å²) in [6, 6.07) is 10.9. The van der Waals surface area contributed by atoms with Gasteiger partial charge >= 0.3 is 11.8 Å². The summed E-state index contributed by atoms with van der Waals surface area (Å²) in [6.07, 6.45) is 0.830. The van der Waals surface area contributed by atoms with E-state index in [0.717, 1.165) is 11.1 Å². The molecule has 30 heavy (non-hydrogen) atoms. The molecule has 0 bridgehead atoms. The van der Waals surface area contributed by atoms with Crippen LogP contribution in [0.2, 0.25) is 0 Å². The number of carbonyl (C=O) groups excluding carboxylic acids is 1. The minimum Gasteiger partial charge on any atom is -0.379 e. The zero-order chi connectivity index (χ0) is 21.5. The number of amides is 1. The lowest BCUT2D eigenvalue weighted by molar-refractivity contribution is 0.0751. The van der Waals surface area contributed by atoms with Gasteiger partial charge in [-0.25, -0.2) is 4.68 Å². The zero-order valence-corrected chi connectivity index (χ0v) is 17.3. The fourth-order valence-electron chi connectivity index (χ4n) is 2.65.